The lowest BCUT2D eigenvalue weighted by molar-refractivity contribution is 0.297. The van der Waals surface area contributed by atoms with Crippen LogP contribution in [-0.4, -0.2) is 65.7 Å². The zero-order valence-electron chi connectivity index (χ0n) is 31.9. The lowest BCUT2D eigenvalue weighted by Gasteiger charge is -2.19. The number of benzene rings is 1. The highest BCUT2D eigenvalue weighted by Crippen LogP contribution is 2.31. The maximum atomic E-state index is 13.6. The van der Waals surface area contributed by atoms with Crippen LogP contribution in [-0.2, 0) is 23.4 Å². The first kappa shape index (κ1) is 14.8. The second kappa shape index (κ2) is 11.1. The summed E-state index contributed by atoms with van der Waals surface area (Å²) in [7, 11) is -4.90. The van der Waals surface area contributed by atoms with Gasteiger partial charge in [0.25, 0.3) is 5.56 Å². The van der Waals surface area contributed by atoms with Crippen molar-refractivity contribution in [1.82, 2.24) is 29.4 Å². The SMILES string of the molecule is [2H]C([2H])(CC)c1nn(C([2H])([2H])[2H])c2c(=O)[nH]c(-c3cc(S(=O)(=O)NC([2H])([2H])C([2H])([2H])C4CCCN4C([2H])([2H])[2H])ccc3OCCC)nc12. The predicted octanol–water partition coefficient (Wildman–Crippen LogP) is 2.83. The number of sulfonamides is 1. The first-order chi connectivity index (χ1) is 21.9. The molecule has 0 radical (unpaired) electrons. The van der Waals surface area contributed by atoms with Gasteiger partial charge in [-0.15, -0.1) is 0 Å². The van der Waals surface area contributed by atoms with E-state index < -0.39 is 70.9 Å². The molecule has 0 spiro atoms. The molecule has 1 fully saturated rings. The Labute approximate surface area is 229 Å². The molecule has 1 atom stereocenters. The molecule has 2 N–H and O–H groups in total. The van der Waals surface area contributed by atoms with E-state index in [2.05, 4.69) is 15.1 Å². The van der Waals surface area contributed by atoms with Gasteiger partial charge in [0.2, 0.25) is 10.0 Å². The van der Waals surface area contributed by atoms with E-state index in [1.807, 2.05) is 0 Å². The van der Waals surface area contributed by atoms with Gasteiger partial charge >= 0.3 is 0 Å². The minimum Gasteiger partial charge on any atom is -0.493 e. The zero-order valence-corrected chi connectivity index (χ0v) is 20.7. The molecule has 1 unspecified atom stereocenters. The Morgan fingerprint density at radius 3 is 2.92 bits per heavy atom. The Morgan fingerprint density at radius 2 is 2.17 bits per heavy atom. The summed E-state index contributed by atoms with van der Waals surface area (Å²) >= 11 is 0. The summed E-state index contributed by atoms with van der Waals surface area (Å²) in [5, 5.41) is 3.89. The molecule has 36 heavy (non-hydrogen) atoms. The molecule has 1 saturated heterocycles. The van der Waals surface area contributed by atoms with Crippen LogP contribution in [0.3, 0.4) is 0 Å². The lowest BCUT2D eigenvalue weighted by atomic mass is 10.1. The Bertz CT molecular complexity index is 1840. The van der Waals surface area contributed by atoms with E-state index in [-0.39, 0.29) is 55.1 Å². The number of aromatic amines is 1. The number of hydrogen-bond donors (Lipinski definition) is 2. The minimum absolute atomic E-state index is 0.0131. The van der Waals surface area contributed by atoms with Crippen LogP contribution in [0.5, 0.6) is 5.75 Å². The van der Waals surface area contributed by atoms with Crippen molar-refractivity contribution in [1.29, 1.82) is 0 Å². The van der Waals surface area contributed by atoms with Crippen molar-refractivity contribution < 1.29 is 29.6 Å². The van der Waals surface area contributed by atoms with Gasteiger partial charge in [-0.25, -0.2) is 18.1 Å². The highest BCUT2D eigenvalue weighted by Gasteiger charge is 2.23. The van der Waals surface area contributed by atoms with Gasteiger partial charge in [-0.05, 0) is 63.7 Å². The third kappa shape index (κ3) is 5.47. The minimum atomic E-state index is -4.90. The molecule has 3 heterocycles. The molecule has 3 aromatic rings. The van der Waals surface area contributed by atoms with Gasteiger partial charge in [0.1, 0.15) is 17.1 Å². The molecule has 2 aromatic heterocycles. The fourth-order valence-electron chi connectivity index (χ4n) is 3.79. The average Bonchev–Trinajstić information content (AvgIpc) is 3.62. The summed E-state index contributed by atoms with van der Waals surface area (Å²) in [5.41, 5.74) is -2.53. The number of rotatable bonds is 11. The van der Waals surface area contributed by atoms with Crippen LogP contribution < -0.4 is 15.0 Å². The number of hydrogen-bond acceptors (Lipinski definition) is 7. The Kier molecular flexibility index (Phi) is 4.58. The lowest BCUT2D eigenvalue weighted by Crippen LogP contribution is -2.31. The number of aryl methyl sites for hydroxylation is 2. The Balaban J connectivity index is 1.86. The molecular formula is C25H36N6O4S. The van der Waals surface area contributed by atoms with Crippen molar-refractivity contribution in [3.05, 3.63) is 34.2 Å². The monoisotopic (exact) mass is 528 g/mol. The third-order valence-electron chi connectivity index (χ3n) is 5.53. The van der Waals surface area contributed by atoms with Crippen molar-refractivity contribution in [2.45, 2.75) is 63.2 Å². The summed E-state index contributed by atoms with van der Waals surface area (Å²) in [6, 6.07) is 1.77. The fraction of sp³-hybridized carbons (Fsp3) is 0.560. The Hall–Kier alpha value is -2.76. The van der Waals surface area contributed by atoms with Crippen LogP contribution in [0.1, 0.15) is 68.0 Å². The van der Waals surface area contributed by atoms with Crippen molar-refractivity contribution in [2.75, 3.05) is 26.6 Å². The van der Waals surface area contributed by atoms with Crippen LogP contribution in [0, 0.1) is 0 Å². The average molecular weight is 529 g/mol. The van der Waals surface area contributed by atoms with Gasteiger partial charge in [-0.2, -0.15) is 5.10 Å². The maximum absolute atomic E-state index is 13.6. The number of ether oxygens (including phenoxy) is 1. The van der Waals surface area contributed by atoms with Crippen molar-refractivity contribution in [2.24, 2.45) is 6.98 Å². The van der Waals surface area contributed by atoms with E-state index in [1.54, 1.807) is 11.6 Å². The summed E-state index contributed by atoms with van der Waals surface area (Å²) < 4.78 is 132. The molecule has 11 heteroatoms. The molecule has 1 aliphatic rings. The van der Waals surface area contributed by atoms with Crippen LogP contribution in [0.25, 0.3) is 22.4 Å². The molecule has 4 rings (SSSR count). The molecule has 0 saturated carbocycles. The van der Waals surface area contributed by atoms with E-state index in [0.29, 0.717) is 11.1 Å². The summed E-state index contributed by atoms with van der Waals surface area (Å²) in [4.78, 5) is 20.3. The highest BCUT2D eigenvalue weighted by molar-refractivity contribution is 7.89. The van der Waals surface area contributed by atoms with Gasteiger partial charge < -0.3 is 14.6 Å². The zero-order chi connectivity index (χ0) is 36.3. The van der Waals surface area contributed by atoms with E-state index in [1.165, 1.54) is 13.0 Å². The maximum Gasteiger partial charge on any atom is 0.277 e. The number of fused-ring (bicyclic) bond motifs is 1. The normalized spacial score (nSPS) is 23.6. The number of nitrogens with zero attached hydrogens (tertiary/aromatic N) is 4. The van der Waals surface area contributed by atoms with Crippen molar-refractivity contribution >= 4 is 21.1 Å². The predicted molar refractivity (Wildman–Crippen MR) is 140 cm³/mol. The van der Waals surface area contributed by atoms with Crippen molar-refractivity contribution in [3.63, 3.8) is 0 Å². The summed E-state index contributed by atoms with van der Waals surface area (Å²) in [6.07, 6.45) is -4.64. The summed E-state index contributed by atoms with van der Waals surface area (Å²) in [6.45, 7) is -5.64. The van der Waals surface area contributed by atoms with E-state index in [0.717, 1.165) is 17.0 Å². The second-order valence-electron chi connectivity index (χ2n) is 8.14. The van der Waals surface area contributed by atoms with E-state index in [4.69, 9.17) is 21.2 Å². The first-order valence-electron chi connectivity index (χ1n) is 17.5. The van der Waals surface area contributed by atoms with Crippen molar-refractivity contribution in [3.8, 4) is 17.1 Å². The number of H-pyrrole nitrogens is 1. The third-order valence-corrected chi connectivity index (χ3v) is 6.78. The van der Waals surface area contributed by atoms with E-state index >= 15 is 0 Å². The molecule has 10 nitrogen and oxygen atoms in total. The topological polar surface area (TPSA) is 122 Å². The second-order valence-corrected chi connectivity index (χ2v) is 9.82. The fourth-order valence-corrected chi connectivity index (χ4v) is 4.63. The van der Waals surface area contributed by atoms with Gasteiger partial charge in [0.15, 0.2) is 5.52 Å². The van der Waals surface area contributed by atoms with Gasteiger partial charge in [-0.1, -0.05) is 20.3 Å². The van der Waals surface area contributed by atoms with Crippen LogP contribution >= 0.6 is 0 Å². The van der Waals surface area contributed by atoms with Crippen LogP contribution in [0.4, 0.5) is 0 Å². The highest BCUT2D eigenvalue weighted by atomic mass is 32.2. The van der Waals surface area contributed by atoms with Crippen LogP contribution in [0.15, 0.2) is 27.9 Å². The molecule has 0 aliphatic carbocycles. The smallest absolute Gasteiger partial charge is 0.277 e. The molecular weight excluding hydrogens is 480 g/mol. The van der Waals surface area contributed by atoms with Gasteiger partial charge in [0, 0.05) is 36.0 Å². The van der Waals surface area contributed by atoms with Crippen LogP contribution in [0.2, 0.25) is 0 Å². The molecule has 1 aromatic carbocycles. The largest absolute Gasteiger partial charge is 0.493 e. The first-order valence-corrected chi connectivity index (χ1v) is 13.0. The van der Waals surface area contributed by atoms with E-state index in [9.17, 15) is 13.2 Å². The quantitative estimate of drug-likeness (QED) is 0.392. The molecule has 0 amide bonds. The van der Waals surface area contributed by atoms with Gasteiger partial charge in [-0.3, -0.25) is 9.48 Å². The number of likely N-dealkylation sites (tertiary alicyclic amines) is 1. The van der Waals surface area contributed by atoms with Gasteiger partial charge in [0.05, 0.1) is 22.8 Å². The Morgan fingerprint density at radius 1 is 1.31 bits per heavy atom. The molecule has 1 aliphatic heterocycles. The number of aromatic nitrogens is 4. The number of nitrogens with one attached hydrogen (secondary N) is 2. The molecule has 196 valence electrons. The summed E-state index contributed by atoms with van der Waals surface area (Å²) in [5.74, 6) is -0.328. The standard InChI is InChI=1S/C25H36N6O4S/c1-5-8-20-22-23(31(4)29-20)25(32)28-24(27-22)19-16-18(10-11-21(19)35-15-6-2)36(33,34)26-13-12-17-9-7-14-30(17)3/h10-11,16-17,26H,5-9,12-15H2,1-4H3,(H,27,28,32)/i3D3,4D3,8D2,12D2,13D2. The molecule has 0 bridgehead atoms.